The monoisotopic (exact) mass is 286 g/mol. The van der Waals surface area contributed by atoms with Crippen LogP contribution in [0.5, 0.6) is 0 Å². The third-order valence-corrected chi connectivity index (χ3v) is 3.71. The normalized spacial score (nSPS) is 10.7. The van der Waals surface area contributed by atoms with Crippen LogP contribution in [0.1, 0.15) is 12.5 Å². The topological polar surface area (TPSA) is 25.8 Å². The molecule has 0 bridgehead atoms. The molecule has 0 unspecified atom stereocenters. The van der Waals surface area contributed by atoms with Gasteiger partial charge in [0, 0.05) is 5.56 Å². The molecule has 0 atom stereocenters. The maximum absolute atomic E-state index is 13.5. The molecular formula is C12H9ClF2N2S. The van der Waals surface area contributed by atoms with Gasteiger partial charge in [-0.2, -0.15) is 0 Å². The molecule has 6 heteroatoms. The molecule has 1 heterocycles. The van der Waals surface area contributed by atoms with Crippen LogP contribution < -0.4 is 0 Å². The third-order valence-electron chi connectivity index (χ3n) is 2.31. The van der Waals surface area contributed by atoms with E-state index < -0.39 is 11.6 Å². The van der Waals surface area contributed by atoms with Gasteiger partial charge in [0.2, 0.25) is 0 Å². The molecule has 0 aliphatic carbocycles. The minimum absolute atomic E-state index is 0.180. The first-order valence-electron chi connectivity index (χ1n) is 5.24. The SMILES string of the molecule is CCc1c(Cl)ncnc1Sc1cc(F)ccc1F. The smallest absolute Gasteiger partial charge is 0.137 e. The third kappa shape index (κ3) is 2.79. The van der Waals surface area contributed by atoms with Crippen LogP contribution >= 0.6 is 23.4 Å². The van der Waals surface area contributed by atoms with Crippen molar-refractivity contribution in [2.24, 2.45) is 0 Å². The van der Waals surface area contributed by atoms with E-state index >= 15 is 0 Å². The second kappa shape index (κ2) is 5.63. The number of benzene rings is 1. The van der Waals surface area contributed by atoms with E-state index in [0.29, 0.717) is 16.6 Å². The summed E-state index contributed by atoms with van der Waals surface area (Å²) in [5.74, 6) is -0.977. The van der Waals surface area contributed by atoms with Gasteiger partial charge in [0.1, 0.15) is 28.1 Å². The van der Waals surface area contributed by atoms with Crippen LogP contribution in [-0.4, -0.2) is 9.97 Å². The fourth-order valence-corrected chi connectivity index (χ4v) is 2.75. The zero-order valence-electron chi connectivity index (χ0n) is 9.45. The summed E-state index contributed by atoms with van der Waals surface area (Å²) in [6.45, 7) is 1.90. The average molecular weight is 287 g/mol. The largest absolute Gasteiger partial charge is 0.229 e. The number of nitrogens with zero attached hydrogens (tertiary/aromatic N) is 2. The number of halogens is 3. The highest BCUT2D eigenvalue weighted by atomic mass is 35.5. The van der Waals surface area contributed by atoms with Gasteiger partial charge >= 0.3 is 0 Å². The van der Waals surface area contributed by atoms with Gasteiger partial charge in [-0.05, 0) is 24.6 Å². The van der Waals surface area contributed by atoms with E-state index in [1.165, 1.54) is 6.33 Å². The average Bonchev–Trinajstić information content (AvgIpc) is 2.34. The van der Waals surface area contributed by atoms with Crippen LogP contribution in [0.3, 0.4) is 0 Å². The van der Waals surface area contributed by atoms with E-state index in [4.69, 9.17) is 11.6 Å². The first-order valence-corrected chi connectivity index (χ1v) is 6.43. The predicted molar refractivity (Wildman–Crippen MR) is 66.9 cm³/mol. The zero-order valence-corrected chi connectivity index (χ0v) is 11.0. The van der Waals surface area contributed by atoms with Crippen molar-refractivity contribution in [1.82, 2.24) is 9.97 Å². The van der Waals surface area contributed by atoms with Gasteiger partial charge in [-0.3, -0.25) is 0 Å². The van der Waals surface area contributed by atoms with Crippen molar-refractivity contribution in [1.29, 1.82) is 0 Å². The summed E-state index contributed by atoms with van der Waals surface area (Å²) in [6.07, 6.45) is 1.93. The van der Waals surface area contributed by atoms with Gasteiger partial charge in [0.05, 0.1) is 4.90 Å². The minimum Gasteiger partial charge on any atom is -0.229 e. The molecule has 0 saturated carbocycles. The summed E-state index contributed by atoms with van der Waals surface area (Å²) in [5.41, 5.74) is 0.729. The van der Waals surface area contributed by atoms with Crippen LogP contribution in [0.25, 0.3) is 0 Å². The number of aromatic nitrogens is 2. The minimum atomic E-state index is -0.489. The van der Waals surface area contributed by atoms with E-state index in [2.05, 4.69) is 9.97 Å². The van der Waals surface area contributed by atoms with Gasteiger partial charge < -0.3 is 0 Å². The van der Waals surface area contributed by atoms with E-state index in [0.717, 1.165) is 35.5 Å². The Kier molecular flexibility index (Phi) is 4.14. The second-order valence-electron chi connectivity index (χ2n) is 3.48. The Morgan fingerprint density at radius 1 is 1.28 bits per heavy atom. The number of hydrogen-bond acceptors (Lipinski definition) is 3. The van der Waals surface area contributed by atoms with Gasteiger partial charge in [-0.15, -0.1) is 0 Å². The molecule has 0 spiro atoms. The van der Waals surface area contributed by atoms with E-state index in [-0.39, 0.29) is 4.90 Å². The molecule has 0 N–H and O–H groups in total. The van der Waals surface area contributed by atoms with Crippen LogP contribution in [-0.2, 0) is 6.42 Å². The molecule has 2 rings (SSSR count). The molecule has 0 aliphatic rings. The molecule has 1 aromatic carbocycles. The summed E-state index contributed by atoms with van der Waals surface area (Å²) >= 11 is 6.98. The molecule has 0 aliphatic heterocycles. The Morgan fingerprint density at radius 2 is 2.06 bits per heavy atom. The first-order chi connectivity index (χ1) is 8.61. The van der Waals surface area contributed by atoms with Gasteiger partial charge in [-0.1, -0.05) is 30.3 Å². The lowest BCUT2D eigenvalue weighted by atomic mass is 10.3. The van der Waals surface area contributed by atoms with Crippen LogP contribution in [0, 0.1) is 11.6 Å². The lowest BCUT2D eigenvalue weighted by Crippen LogP contribution is -1.94. The quantitative estimate of drug-likeness (QED) is 0.794. The Bertz CT molecular complexity index is 578. The van der Waals surface area contributed by atoms with Crippen LogP contribution in [0.4, 0.5) is 8.78 Å². The van der Waals surface area contributed by atoms with Crippen molar-refractivity contribution in [3.63, 3.8) is 0 Å². The van der Waals surface area contributed by atoms with Crippen molar-refractivity contribution in [3.8, 4) is 0 Å². The van der Waals surface area contributed by atoms with Crippen molar-refractivity contribution < 1.29 is 8.78 Å². The fourth-order valence-electron chi connectivity index (χ4n) is 1.42. The molecule has 18 heavy (non-hydrogen) atoms. The zero-order chi connectivity index (χ0) is 13.1. The summed E-state index contributed by atoms with van der Waals surface area (Å²) in [4.78, 5) is 8.10. The lowest BCUT2D eigenvalue weighted by Gasteiger charge is -2.07. The molecule has 0 fully saturated rings. The maximum Gasteiger partial charge on any atom is 0.137 e. The Labute approximate surface area is 112 Å². The maximum atomic E-state index is 13.5. The molecule has 0 amide bonds. The molecular weight excluding hydrogens is 278 g/mol. The van der Waals surface area contributed by atoms with Crippen LogP contribution in [0.2, 0.25) is 5.15 Å². The van der Waals surface area contributed by atoms with Crippen molar-refractivity contribution >= 4 is 23.4 Å². The van der Waals surface area contributed by atoms with Crippen molar-refractivity contribution in [2.45, 2.75) is 23.3 Å². The number of hydrogen-bond donors (Lipinski definition) is 0. The Morgan fingerprint density at radius 3 is 2.78 bits per heavy atom. The predicted octanol–water partition coefficient (Wildman–Crippen LogP) is 4.12. The lowest BCUT2D eigenvalue weighted by molar-refractivity contribution is 0.577. The van der Waals surface area contributed by atoms with E-state index in [1.54, 1.807) is 0 Å². The van der Waals surface area contributed by atoms with E-state index in [1.807, 2.05) is 6.92 Å². The molecule has 2 nitrogen and oxygen atoms in total. The highest BCUT2D eigenvalue weighted by Crippen LogP contribution is 2.33. The molecule has 0 saturated heterocycles. The standard InChI is InChI=1S/C12H9ClF2N2S/c1-2-8-11(13)16-6-17-12(8)18-10-5-7(14)3-4-9(10)15/h3-6H,2H2,1H3. The highest BCUT2D eigenvalue weighted by molar-refractivity contribution is 7.99. The molecule has 0 radical (unpaired) electrons. The molecule has 1 aromatic heterocycles. The Balaban J connectivity index is 2.40. The summed E-state index contributed by atoms with van der Waals surface area (Å²) in [7, 11) is 0. The van der Waals surface area contributed by atoms with Gasteiger partial charge in [0.15, 0.2) is 0 Å². The molecule has 2 aromatic rings. The fraction of sp³-hybridized carbons (Fsp3) is 0.167. The summed E-state index contributed by atoms with van der Waals surface area (Å²) < 4.78 is 26.6. The number of rotatable bonds is 3. The second-order valence-corrected chi connectivity index (χ2v) is 4.87. The van der Waals surface area contributed by atoms with E-state index in [9.17, 15) is 8.78 Å². The Hall–Kier alpha value is -1.20. The van der Waals surface area contributed by atoms with Crippen LogP contribution in [0.15, 0.2) is 34.4 Å². The van der Waals surface area contributed by atoms with Gasteiger partial charge in [-0.25, -0.2) is 18.7 Å². The van der Waals surface area contributed by atoms with Gasteiger partial charge in [0.25, 0.3) is 0 Å². The summed E-state index contributed by atoms with van der Waals surface area (Å²) in [5, 5.41) is 0.883. The highest BCUT2D eigenvalue weighted by Gasteiger charge is 2.12. The summed E-state index contributed by atoms with van der Waals surface area (Å²) in [6, 6.07) is 3.30. The first kappa shape index (κ1) is 13.2. The van der Waals surface area contributed by atoms with Crippen molar-refractivity contribution in [3.05, 3.63) is 46.9 Å². The molecule has 94 valence electrons. The van der Waals surface area contributed by atoms with Crippen molar-refractivity contribution in [2.75, 3.05) is 0 Å².